The van der Waals surface area contributed by atoms with Crippen LogP contribution in [0.25, 0.3) is 0 Å². The van der Waals surface area contributed by atoms with Crippen LogP contribution in [-0.4, -0.2) is 0 Å². The molecule has 1 nitrogen and oxygen atoms in total. The lowest BCUT2D eigenvalue weighted by Crippen LogP contribution is -2.29. The molecule has 2 fully saturated rings. The SMILES string of the molecule is Cc1cccc2c1C(c1cccc(OCc3ccccc3)c1)CC2C1CC(CC2CCCC2)C1. The normalized spacial score (nSPS) is 26.3. The molecule has 0 bridgehead atoms. The second-order valence-electron chi connectivity index (χ2n) is 11.3. The second-order valence-corrected chi connectivity index (χ2v) is 11.3. The Balaban J connectivity index is 1.18. The molecule has 0 aromatic heterocycles. The molecule has 3 aliphatic rings. The van der Waals surface area contributed by atoms with Gasteiger partial charge in [0.05, 0.1) is 0 Å². The first kappa shape index (κ1) is 22.0. The van der Waals surface area contributed by atoms with E-state index in [-0.39, 0.29) is 0 Å². The molecule has 0 radical (unpaired) electrons. The van der Waals surface area contributed by atoms with Crippen molar-refractivity contribution < 1.29 is 4.74 Å². The molecule has 1 heteroatoms. The predicted molar refractivity (Wildman–Crippen MR) is 140 cm³/mol. The van der Waals surface area contributed by atoms with Crippen LogP contribution >= 0.6 is 0 Å². The molecule has 2 atom stereocenters. The van der Waals surface area contributed by atoms with E-state index in [2.05, 4.69) is 79.7 Å². The van der Waals surface area contributed by atoms with Crippen LogP contribution in [-0.2, 0) is 6.61 Å². The third-order valence-electron chi connectivity index (χ3n) is 9.09. The van der Waals surface area contributed by atoms with Crippen molar-refractivity contribution in [2.75, 3.05) is 0 Å². The van der Waals surface area contributed by atoms with E-state index in [1.165, 1.54) is 68.1 Å². The fraction of sp³-hybridized carbons (Fsp3) is 0.455. The van der Waals surface area contributed by atoms with Gasteiger partial charge in [-0.1, -0.05) is 86.3 Å². The molecular formula is C33H38O. The van der Waals surface area contributed by atoms with Crippen LogP contribution in [0.15, 0.2) is 72.8 Å². The minimum absolute atomic E-state index is 0.496. The van der Waals surface area contributed by atoms with Gasteiger partial charge in [-0.3, -0.25) is 0 Å². The standard InChI is InChI=1S/C33H38O/c1-23-9-7-16-30-31(28-18-26(19-28)17-24-10-5-6-11-24)21-32(33(23)30)27-14-8-15-29(20-27)34-22-25-12-3-2-4-13-25/h2-4,7-9,12-16,20,24,26,28,31-32H,5-6,10-11,17-19,21-22H2,1H3. The van der Waals surface area contributed by atoms with Crippen LogP contribution in [0.1, 0.15) is 91.0 Å². The van der Waals surface area contributed by atoms with Crippen molar-refractivity contribution in [1.82, 2.24) is 0 Å². The highest BCUT2D eigenvalue weighted by molar-refractivity contribution is 5.50. The molecular weight excluding hydrogens is 412 g/mol. The summed E-state index contributed by atoms with van der Waals surface area (Å²) in [5.41, 5.74) is 7.34. The summed E-state index contributed by atoms with van der Waals surface area (Å²) in [6.45, 7) is 2.94. The van der Waals surface area contributed by atoms with E-state index < -0.39 is 0 Å². The number of hydrogen-bond acceptors (Lipinski definition) is 1. The fourth-order valence-electron chi connectivity index (χ4n) is 7.34. The summed E-state index contributed by atoms with van der Waals surface area (Å²) in [6.07, 6.45) is 11.6. The van der Waals surface area contributed by atoms with Gasteiger partial charge in [-0.05, 0) is 96.2 Å². The lowest BCUT2D eigenvalue weighted by atomic mass is 9.64. The van der Waals surface area contributed by atoms with Crippen molar-refractivity contribution in [1.29, 1.82) is 0 Å². The van der Waals surface area contributed by atoms with Gasteiger partial charge in [0.25, 0.3) is 0 Å². The Morgan fingerprint density at radius 3 is 2.41 bits per heavy atom. The topological polar surface area (TPSA) is 9.23 Å². The average molecular weight is 451 g/mol. The van der Waals surface area contributed by atoms with E-state index in [1.54, 1.807) is 11.1 Å². The minimum Gasteiger partial charge on any atom is -0.489 e. The highest BCUT2D eigenvalue weighted by Gasteiger charge is 2.43. The maximum absolute atomic E-state index is 6.19. The minimum atomic E-state index is 0.496. The van der Waals surface area contributed by atoms with E-state index >= 15 is 0 Å². The van der Waals surface area contributed by atoms with Crippen LogP contribution in [0.5, 0.6) is 5.75 Å². The first-order valence-electron chi connectivity index (χ1n) is 13.6. The van der Waals surface area contributed by atoms with E-state index in [1.807, 2.05) is 0 Å². The second kappa shape index (κ2) is 9.61. The molecule has 2 unspecified atom stereocenters. The maximum atomic E-state index is 6.19. The Kier molecular flexibility index (Phi) is 6.20. The Morgan fingerprint density at radius 1 is 0.794 bits per heavy atom. The molecule has 0 spiro atoms. The van der Waals surface area contributed by atoms with Crippen molar-refractivity contribution in [2.45, 2.75) is 76.7 Å². The molecule has 0 saturated heterocycles. The van der Waals surface area contributed by atoms with Gasteiger partial charge < -0.3 is 4.74 Å². The fourth-order valence-corrected chi connectivity index (χ4v) is 7.34. The number of rotatable bonds is 7. The highest BCUT2D eigenvalue weighted by atomic mass is 16.5. The number of hydrogen-bond donors (Lipinski definition) is 0. The van der Waals surface area contributed by atoms with Gasteiger partial charge in [-0.15, -0.1) is 0 Å². The van der Waals surface area contributed by atoms with Gasteiger partial charge in [-0.2, -0.15) is 0 Å². The third kappa shape index (κ3) is 4.42. The van der Waals surface area contributed by atoms with Gasteiger partial charge in [0.15, 0.2) is 0 Å². The van der Waals surface area contributed by atoms with Gasteiger partial charge in [0, 0.05) is 5.92 Å². The molecule has 2 saturated carbocycles. The first-order valence-corrected chi connectivity index (χ1v) is 13.6. The number of benzene rings is 3. The largest absolute Gasteiger partial charge is 0.489 e. The summed E-state index contributed by atoms with van der Waals surface area (Å²) in [5, 5.41) is 0. The van der Waals surface area contributed by atoms with E-state index in [9.17, 15) is 0 Å². The molecule has 0 amide bonds. The molecule has 3 aromatic rings. The number of fused-ring (bicyclic) bond motifs is 1. The van der Waals surface area contributed by atoms with Crippen molar-refractivity contribution in [2.24, 2.45) is 17.8 Å². The third-order valence-corrected chi connectivity index (χ3v) is 9.09. The highest BCUT2D eigenvalue weighted by Crippen LogP contribution is 2.56. The van der Waals surface area contributed by atoms with Crippen molar-refractivity contribution >= 4 is 0 Å². The summed E-state index contributed by atoms with van der Waals surface area (Å²) in [5.74, 6) is 5.13. The van der Waals surface area contributed by atoms with E-state index in [4.69, 9.17) is 4.74 Å². The monoisotopic (exact) mass is 450 g/mol. The molecule has 0 N–H and O–H groups in total. The molecule has 0 aliphatic heterocycles. The quantitative estimate of drug-likeness (QED) is 0.349. The van der Waals surface area contributed by atoms with Crippen LogP contribution in [0, 0.1) is 24.7 Å². The molecule has 34 heavy (non-hydrogen) atoms. The summed E-state index contributed by atoms with van der Waals surface area (Å²) in [7, 11) is 0. The summed E-state index contributed by atoms with van der Waals surface area (Å²) < 4.78 is 6.19. The number of ether oxygens (including phenoxy) is 1. The Labute approximate surface area is 205 Å². The Morgan fingerprint density at radius 2 is 1.59 bits per heavy atom. The van der Waals surface area contributed by atoms with Crippen LogP contribution in [0.3, 0.4) is 0 Å². The van der Waals surface area contributed by atoms with Gasteiger partial charge >= 0.3 is 0 Å². The molecule has 3 aromatic carbocycles. The van der Waals surface area contributed by atoms with Crippen LogP contribution < -0.4 is 4.74 Å². The van der Waals surface area contributed by atoms with Gasteiger partial charge in [0.1, 0.15) is 12.4 Å². The Hall–Kier alpha value is -2.54. The molecule has 176 valence electrons. The van der Waals surface area contributed by atoms with E-state index in [0.29, 0.717) is 12.5 Å². The Bertz CT molecular complexity index is 1100. The van der Waals surface area contributed by atoms with Crippen molar-refractivity contribution in [3.05, 3.63) is 101 Å². The van der Waals surface area contributed by atoms with Crippen LogP contribution in [0.2, 0.25) is 0 Å². The number of aryl methyl sites for hydroxylation is 1. The summed E-state index contributed by atoms with van der Waals surface area (Å²) >= 11 is 0. The van der Waals surface area contributed by atoms with Crippen LogP contribution in [0.4, 0.5) is 0 Å². The zero-order valence-corrected chi connectivity index (χ0v) is 20.6. The zero-order chi connectivity index (χ0) is 22.9. The smallest absolute Gasteiger partial charge is 0.120 e. The van der Waals surface area contributed by atoms with Crippen molar-refractivity contribution in [3.63, 3.8) is 0 Å². The predicted octanol–water partition coefficient (Wildman–Crippen LogP) is 8.80. The van der Waals surface area contributed by atoms with E-state index in [0.717, 1.165) is 29.4 Å². The van der Waals surface area contributed by atoms with Crippen molar-refractivity contribution in [3.8, 4) is 5.75 Å². The van der Waals surface area contributed by atoms with Gasteiger partial charge in [-0.25, -0.2) is 0 Å². The lowest BCUT2D eigenvalue weighted by Gasteiger charge is -2.41. The molecule has 6 rings (SSSR count). The summed E-state index contributed by atoms with van der Waals surface area (Å²) in [4.78, 5) is 0. The average Bonchev–Trinajstić information content (AvgIpc) is 3.49. The van der Waals surface area contributed by atoms with Gasteiger partial charge in [0.2, 0.25) is 0 Å². The molecule has 3 aliphatic carbocycles. The first-order chi connectivity index (χ1) is 16.7. The summed E-state index contributed by atoms with van der Waals surface area (Å²) in [6, 6.07) is 26.4. The molecule has 0 heterocycles. The zero-order valence-electron chi connectivity index (χ0n) is 20.6. The lowest BCUT2D eigenvalue weighted by molar-refractivity contribution is 0.131. The maximum Gasteiger partial charge on any atom is 0.120 e.